The van der Waals surface area contributed by atoms with Gasteiger partial charge in [0, 0.05) is 165 Å². The number of Topliss-reactive ketones (excluding diaryl/α,β-unsaturated/α-hetero) is 3. The number of ketones is 3. The van der Waals surface area contributed by atoms with Crippen LogP contribution in [0.2, 0.25) is 0 Å². The van der Waals surface area contributed by atoms with Gasteiger partial charge in [-0.1, -0.05) is 82.4 Å². The number of nitrogens with zero attached hydrogens (tertiary/aromatic N) is 14. The van der Waals surface area contributed by atoms with Gasteiger partial charge in [-0.15, -0.1) is 0 Å². The Balaban J connectivity index is 0.496. The Morgan fingerprint density at radius 3 is 2.14 bits per heavy atom. The number of anilines is 3. The highest BCUT2D eigenvalue weighted by atomic mass is 16.6. The van der Waals surface area contributed by atoms with Gasteiger partial charge in [0.2, 0.25) is 23.6 Å². The lowest BCUT2D eigenvalue weighted by molar-refractivity contribution is -0.169. The number of piperazine rings is 1. The summed E-state index contributed by atoms with van der Waals surface area (Å²) >= 11 is 0. The first-order chi connectivity index (χ1) is 65.7. The highest BCUT2D eigenvalue weighted by molar-refractivity contribution is 6.38. The lowest BCUT2D eigenvalue weighted by Crippen LogP contribution is -2.55. The van der Waals surface area contributed by atoms with Crippen molar-refractivity contribution in [2.45, 2.75) is 212 Å². The van der Waals surface area contributed by atoms with Crippen molar-refractivity contribution in [3.63, 3.8) is 0 Å². The summed E-state index contributed by atoms with van der Waals surface area (Å²) in [4.78, 5) is 156. The number of pyridine rings is 1. The number of hydrogen-bond donors (Lipinski definition) is 5. The van der Waals surface area contributed by atoms with Crippen molar-refractivity contribution in [2.75, 3.05) is 143 Å². The molecule has 7 aromatic rings. The Morgan fingerprint density at radius 1 is 0.713 bits per heavy atom. The Bertz CT molecular complexity index is 5330. The third-order valence-corrected chi connectivity index (χ3v) is 26.7. The number of ether oxygens (including phenoxy) is 10. The predicted octanol–water partition coefficient (Wildman–Crippen LogP) is 8.82. The number of carbonyl (C=O) groups excluding carboxylic acids is 8. The number of nitrogens with one attached hydrogen (secondary N) is 2. The van der Waals surface area contributed by atoms with Crippen LogP contribution in [0.15, 0.2) is 121 Å². The number of aromatic amines is 1. The van der Waals surface area contributed by atoms with Crippen molar-refractivity contribution in [3.05, 3.63) is 149 Å². The largest absolute Gasteiger partial charge is 0.459 e. The first-order valence-corrected chi connectivity index (χ1v) is 47.6. The molecule has 6 aromatic heterocycles. The number of benzene rings is 1. The number of methoxy groups -OCH3 is 3. The number of hydrogen-bond acceptors (Lipinski definition) is 31. The number of aromatic nitrogens is 10. The molecule has 6 aliphatic rings. The maximum Gasteiger partial charge on any atom is 0.410 e. The lowest BCUT2D eigenvalue weighted by atomic mass is 9.80. The van der Waals surface area contributed by atoms with Crippen LogP contribution in [0.25, 0.3) is 33.3 Å². The fourth-order valence-corrected chi connectivity index (χ4v) is 18.8. The van der Waals surface area contributed by atoms with Crippen molar-refractivity contribution in [3.8, 4) is 11.3 Å². The van der Waals surface area contributed by atoms with Crippen molar-refractivity contribution >= 4 is 86.9 Å². The number of amides is 4. The van der Waals surface area contributed by atoms with E-state index in [2.05, 4.69) is 63.4 Å². The van der Waals surface area contributed by atoms with Gasteiger partial charge in [-0.25, -0.2) is 49.2 Å². The molecule has 5 aliphatic heterocycles. The van der Waals surface area contributed by atoms with Crippen molar-refractivity contribution in [1.29, 1.82) is 0 Å². The molecule has 37 heteroatoms. The van der Waals surface area contributed by atoms with Crippen LogP contribution >= 0.6 is 0 Å². The van der Waals surface area contributed by atoms with Gasteiger partial charge in [0.05, 0.1) is 102 Å². The molecule has 13 rings (SSSR count). The second-order valence-electron chi connectivity index (χ2n) is 36.7. The zero-order chi connectivity index (χ0) is 96.5. The van der Waals surface area contributed by atoms with Crippen LogP contribution in [0.4, 0.5) is 22.5 Å². The summed E-state index contributed by atoms with van der Waals surface area (Å²) in [6.45, 7) is 18.1. The van der Waals surface area contributed by atoms with Crippen molar-refractivity contribution in [1.82, 2.24) is 69.7 Å². The number of nitrogen functional groups attached to an aromatic ring is 1. The highest BCUT2D eigenvalue weighted by Gasteiger charge is 2.45. The maximum absolute atomic E-state index is 14.8. The normalized spacial score (nSPS) is 25.4. The number of aliphatic hydroxyl groups excluding tert-OH is 1. The fourth-order valence-electron chi connectivity index (χ4n) is 18.8. The molecule has 2 bridgehead atoms. The fraction of sp³-hybridized carbons (Fsp3) is 0.576. The lowest BCUT2D eigenvalue weighted by Gasteiger charge is -2.39. The molecule has 0 radical (unpaired) electrons. The summed E-state index contributed by atoms with van der Waals surface area (Å²) in [7, 11) is 6.16. The summed E-state index contributed by atoms with van der Waals surface area (Å²) in [6.07, 6.45) is 21.1. The molecule has 1 saturated carbocycles. The van der Waals surface area contributed by atoms with E-state index in [4.69, 9.17) is 63.9 Å². The number of allylic oxidation sites excluding steroid dienone is 6. The molecule has 2 unspecified atom stereocenters. The minimum atomic E-state index is -1.38. The highest BCUT2D eigenvalue weighted by Crippen LogP contribution is 2.38. The molecular weight excluding hydrogens is 1750 g/mol. The first kappa shape index (κ1) is 102. The Morgan fingerprint density at radius 2 is 1.43 bits per heavy atom. The Labute approximate surface area is 793 Å². The molecule has 4 fully saturated rings. The number of H-pyrrole nitrogens is 1. The van der Waals surface area contributed by atoms with Crippen LogP contribution in [-0.4, -0.2) is 305 Å². The third-order valence-electron chi connectivity index (χ3n) is 26.7. The molecule has 4 amide bonds. The van der Waals surface area contributed by atoms with Gasteiger partial charge in [-0.2, -0.15) is 5.10 Å². The van der Waals surface area contributed by atoms with E-state index in [9.17, 15) is 43.5 Å². The van der Waals surface area contributed by atoms with Crippen molar-refractivity contribution in [2.24, 2.45) is 35.3 Å². The van der Waals surface area contributed by atoms with Gasteiger partial charge in [0.15, 0.2) is 11.4 Å². The zero-order valence-corrected chi connectivity index (χ0v) is 79.9. The first-order valence-electron chi connectivity index (χ1n) is 47.6. The molecule has 15 atom stereocenters. The van der Waals surface area contributed by atoms with Gasteiger partial charge in [0.25, 0.3) is 11.8 Å². The number of esters is 1. The van der Waals surface area contributed by atoms with E-state index in [-0.39, 0.29) is 106 Å². The molecule has 734 valence electrons. The number of rotatable bonds is 30. The summed E-state index contributed by atoms with van der Waals surface area (Å²) < 4.78 is 61.1. The summed E-state index contributed by atoms with van der Waals surface area (Å²) in [5, 5.41) is 21.1. The number of piperidine rings is 1. The molecular formula is C99H134N18O19. The Hall–Kier alpha value is -11.3. The molecule has 1 aliphatic carbocycles. The number of aliphatic hydroxyl groups is 1. The second-order valence-corrected chi connectivity index (χ2v) is 36.7. The van der Waals surface area contributed by atoms with Crippen LogP contribution in [0.3, 0.4) is 0 Å². The molecule has 7 N–H and O–H groups in total. The third kappa shape index (κ3) is 27.2. The summed E-state index contributed by atoms with van der Waals surface area (Å²) in [5.41, 5.74) is 22.0. The van der Waals surface area contributed by atoms with E-state index in [1.54, 1.807) is 66.7 Å². The predicted molar refractivity (Wildman–Crippen MR) is 507 cm³/mol. The molecule has 3 saturated heterocycles. The molecule has 11 heterocycles. The minimum Gasteiger partial charge on any atom is -0.459 e. The second kappa shape index (κ2) is 49.7. The van der Waals surface area contributed by atoms with Crippen molar-refractivity contribution < 1.29 is 90.8 Å². The summed E-state index contributed by atoms with van der Waals surface area (Å²) in [6, 6.07) is 8.25. The van der Waals surface area contributed by atoms with E-state index in [0.717, 1.165) is 39.7 Å². The van der Waals surface area contributed by atoms with Gasteiger partial charge >= 0.3 is 12.1 Å². The average Bonchev–Trinajstić information content (AvgIpc) is 1.62. The van der Waals surface area contributed by atoms with Crippen LogP contribution in [-0.2, 0) is 102 Å². The number of cyclic esters (lactones) is 1. The molecule has 136 heavy (non-hydrogen) atoms. The van der Waals surface area contributed by atoms with E-state index in [1.165, 1.54) is 41.2 Å². The molecule has 0 spiro atoms. The van der Waals surface area contributed by atoms with Crippen LogP contribution in [0.5, 0.6) is 0 Å². The van der Waals surface area contributed by atoms with E-state index in [1.807, 2.05) is 88.9 Å². The van der Waals surface area contributed by atoms with Crippen LogP contribution in [0, 0.1) is 29.6 Å². The monoisotopic (exact) mass is 1880 g/mol. The smallest absolute Gasteiger partial charge is 0.410 e. The number of nitrogens with two attached hydrogens (primary N) is 2. The zero-order valence-electron chi connectivity index (χ0n) is 79.9. The van der Waals surface area contributed by atoms with E-state index in [0.29, 0.717) is 194 Å². The maximum atomic E-state index is 14.8. The van der Waals surface area contributed by atoms with Crippen LogP contribution < -0.4 is 26.6 Å². The quantitative estimate of drug-likeness (QED) is 0.0121. The molecule has 37 nitrogen and oxygen atoms in total. The van der Waals surface area contributed by atoms with Gasteiger partial charge in [-0.05, 0) is 142 Å². The number of carbonyl (C=O) groups is 8. The van der Waals surface area contributed by atoms with E-state index >= 15 is 0 Å². The Kier molecular flexibility index (Phi) is 37.3. The van der Waals surface area contributed by atoms with Gasteiger partial charge < -0.3 is 98.7 Å². The van der Waals surface area contributed by atoms with Gasteiger partial charge in [0.1, 0.15) is 65.8 Å². The van der Waals surface area contributed by atoms with Crippen LogP contribution in [0.1, 0.15) is 158 Å². The standard InChI is InChI=1S/C99H134N18O19/c1-61-16-12-11-13-17-62(2)80(127-8)50-75-23-19-63(3)89(134-75)88(122)95(124)116-30-15-14-18-77(116)96(125)135-81(51-78(118)64(4)45-66(6)87(121)90(129-10)86(120)65(5)44-61)76(100)47-67-21-24-79(82(48-67)128-9)136-99(126)112(7)57-69-52-105-97(106-53-69)113-32-34-114(35-33-113)98-107-55-74(56-108-98)94(123)103-29-37-131-39-41-133-43-42-132-40-38-130-36-27-83(119)115-31-26-70-46-68(20-22-72(70)59-115)58-117-93-84(91(101)109-60-110-93)85(111-117)73-49-71-25-28-102-92(71)104-54-73/h11-13,16-17,20,22,25,28,45-46,49,52-56,60-61,63-65,67,75-77,79-82,87,89-90,121H,14-15,18-19,21,23-24,26-27,29-44,47-48,50-51,57-59,100H2,1-10H3,(H,102,104)(H,103,123)(H2,101,109,110)/b13-11?,16-12+,62-17?,66-45+/t61-,63-,64-,65-,67+,75?,76-,77+,79-,80+,81+,82-,87-,89?,90+/m1/s1. The molecule has 1 aromatic carbocycles. The topological polar surface area (TPSA) is 453 Å². The minimum absolute atomic E-state index is 0.00929. The van der Waals surface area contributed by atoms with Gasteiger partial charge in [-0.3, -0.25) is 28.8 Å². The van der Waals surface area contributed by atoms with E-state index < -0.39 is 90.4 Å². The SMILES string of the molecule is CO[C@H]1CC2CC[C@@H](C)C(O2)C(=O)C(=O)N2CCCC[C@H]2C(=O)O[C@H]([C@H](N)C[C@@H]2CC[C@@H](OC(=O)N(C)Cc3cnc(N4CCN(c5ncc(C(=O)NCCOCCOCCOCCOCCC(=O)N6CCc7cc(Cn8nc(-c9cnc%10[nH]ccc%10c9)c9c(N)ncnc98)ccc7C6)cn5)CC4)nc3)[C@H](OC)C2)CC(=O)[C@H](C)/C=C(\C)[C@@H](O)[C@@H](OC)C(=O)[C@H](C)C[C@H](C)/C=C/C=CC=C1C. The summed E-state index contributed by atoms with van der Waals surface area (Å²) in [5.74, 6) is -3.75. The average molecular weight is 1880 g/mol. The number of fused-ring (bicyclic) bond motifs is 6.